The summed E-state index contributed by atoms with van der Waals surface area (Å²) in [5.41, 5.74) is -0.491. The first-order valence-electron chi connectivity index (χ1n) is 7.55. The second-order valence-corrected chi connectivity index (χ2v) is 6.04. The van der Waals surface area contributed by atoms with E-state index in [0.717, 1.165) is 25.1 Å². The quantitative estimate of drug-likeness (QED) is 0.358. The van der Waals surface area contributed by atoms with Gasteiger partial charge in [0.25, 0.3) is 0 Å². The van der Waals surface area contributed by atoms with E-state index in [1.54, 1.807) is 0 Å². The van der Waals surface area contributed by atoms with Crippen molar-refractivity contribution in [1.82, 2.24) is 0 Å². The SMILES string of the molecule is COC(CC(F)(F)C(F)(F)C(F)(F)C(F)(F)C(F)(F)F)c1cccc(C(C)=O)c1. The van der Waals surface area contributed by atoms with Gasteiger partial charge in [-0.3, -0.25) is 4.79 Å². The van der Waals surface area contributed by atoms with Crippen molar-refractivity contribution in [3.8, 4) is 0 Å². The Morgan fingerprint density at radius 3 is 1.83 bits per heavy atom. The Balaban J connectivity index is 3.34. The minimum absolute atomic E-state index is 0.103. The van der Waals surface area contributed by atoms with Gasteiger partial charge in [-0.25, -0.2) is 0 Å². The van der Waals surface area contributed by atoms with E-state index in [1.165, 1.54) is 6.07 Å². The fraction of sp³-hybridized carbons (Fsp3) is 0.562. The Hall–Kier alpha value is -1.92. The molecule has 1 aromatic rings. The summed E-state index contributed by atoms with van der Waals surface area (Å²) < 4.78 is 148. The molecule has 0 aromatic heterocycles. The van der Waals surface area contributed by atoms with Crippen LogP contribution in [0.3, 0.4) is 0 Å². The number of methoxy groups -OCH3 is 1. The molecule has 0 heterocycles. The van der Waals surface area contributed by atoms with Crippen LogP contribution in [0.25, 0.3) is 0 Å². The monoisotopic (exact) mass is 446 g/mol. The maximum atomic E-state index is 13.9. The number of carbonyl (C=O) groups is 1. The molecule has 29 heavy (non-hydrogen) atoms. The van der Waals surface area contributed by atoms with Crippen molar-refractivity contribution in [1.29, 1.82) is 0 Å². The van der Waals surface area contributed by atoms with Crippen molar-refractivity contribution in [2.24, 2.45) is 0 Å². The zero-order chi connectivity index (χ0) is 23.1. The predicted octanol–water partition coefficient (Wildman–Crippen LogP) is 6.07. The standard InChI is InChI=1S/C16H13F11O2/c1-8(28)9-4-3-5-10(6-9)11(29-2)7-12(17,18)13(19,20)14(21,22)15(23,24)16(25,26)27/h3-6,11H,7H2,1-2H3. The van der Waals surface area contributed by atoms with Crippen LogP contribution < -0.4 is 0 Å². The number of halogens is 11. The molecule has 1 aromatic carbocycles. The van der Waals surface area contributed by atoms with Gasteiger partial charge in [0.1, 0.15) is 0 Å². The van der Waals surface area contributed by atoms with E-state index in [4.69, 9.17) is 0 Å². The third-order valence-electron chi connectivity index (χ3n) is 4.00. The number of Topliss-reactive ketones (excluding diaryl/α,β-unsaturated/α-hetero) is 1. The summed E-state index contributed by atoms with van der Waals surface area (Å²) >= 11 is 0. The van der Waals surface area contributed by atoms with Gasteiger partial charge in [-0.1, -0.05) is 18.2 Å². The second kappa shape index (κ2) is 7.73. The molecule has 0 radical (unpaired) electrons. The van der Waals surface area contributed by atoms with Crippen molar-refractivity contribution in [2.75, 3.05) is 7.11 Å². The third kappa shape index (κ3) is 4.33. The van der Waals surface area contributed by atoms with Crippen molar-refractivity contribution in [2.45, 2.75) is 49.3 Å². The average Bonchev–Trinajstić information content (AvgIpc) is 2.58. The minimum atomic E-state index is -7.47. The lowest BCUT2D eigenvalue weighted by Gasteiger charge is -2.38. The lowest BCUT2D eigenvalue weighted by Crippen LogP contribution is -2.66. The Bertz CT molecular complexity index is 741. The summed E-state index contributed by atoms with van der Waals surface area (Å²) in [7, 11) is 0.682. The highest BCUT2D eigenvalue weighted by Gasteiger charge is 2.87. The smallest absolute Gasteiger partial charge is 0.377 e. The predicted molar refractivity (Wildman–Crippen MR) is 76.7 cm³/mol. The van der Waals surface area contributed by atoms with E-state index in [1.807, 2.05) is 0 Å². The first-order chi connectivity index (χ1) is 12.8. The summed E-state index contributed by atoms with van der Waals surface area (Å²) in [6.45, 7) is 1.06. The van der Waals surface area contributed by atoms with Gasteiger partial charge < -0.3 is 4.74 Å². The minimum Gasteiger partial charge on any atom is -0.377 e. The van der Waals surface area contributed by atoms with E-state index < -0.39 is 48.2 Å². The van der Waals surface area contributed by atoms with E-state index in [0.29, 0.717) is 7.11 Å². The van der Waals surface area contributed by atoms with Crippen molar-refractivity contribution in [3.05, 3.63) is 35.4 Å². The molecule has 0 fully saturated rings. The van der Waals surface area contributed by atoms with Gasteiger partial charge in [-0.05, 0) is 18.6 Å². The molecule has 0 bridgehead atoms. The van der Waals surface area contributed by atoms with Crippen LogP contribution in [-0.2, 0) is 4.74 Å². The van der Waals surface area contributed by atoms with Crippen LogP contribution in [0.5, 0.6) is 0 Å². The Morgan fingerprint density at radius 1 is 0.897 bits per heavy atom. The summed E-state index contributed by atoms with van der Waals surface area (Å²) in [6, 6.07) is 4.19. The number of rotatable bonds is 8. The number of hydrogen-bond acceptors (Lipinski definition) is 2. The van der Waals surface area contributed by atoms with Gasteiger partial charge in [-0.15, -0.1) is 0 Å². The van der Waals surface area contributed by atoms with Crippen molar-refractivity contribution in [3.63, 3.8) is 0 Å². The van der Waals surface area contributed by atoms with Crippen LogP contribution in [0.2, 0.25) is 0 Å². The van der Waals surface area contributed by atoms with Crippen LogP contribution in [-0.4, -0.2) is 42.8 Å². The van der Waals surface area contributed by atoms with Gasteiger partial charge in [0.05, 0.1) is 6.10 Å². The normalized spacial score (nSPS) is 15.3. The van der Waals surface area contributed by atoms with Crippen LogP contribution in [0.1, 0.15) is 35.4 Å². The molecule has 0 spiro atoms. The fourth-order valence-electron chi connectivity index (χ4n) is 2.26. The molecule has 2 nitrogen and oxygen atoms in total. The van der Waals surface area contributed by atoms with Crippen LogP contribution >= 0.6 is 0 Å². The molecular formula is C16H13F11O2. The molecule has 0 aliphatic heterocycles. The maximum Gasteiger partial charge on any atom is 0.460 e. The van der Waals surface area contributed by atoms with Gasteiger partial charge in [0.2, 0.25) is 0 Å². The Morgan fingerprint density at radius 2 is 1.41 bits per heavy atom. The molecule has 0 aliphatic rings. The maximum absolute atomic E-state index is 13.9. The molecule has 13 heteroatoms. The number of carbonyl (C=O) groups excluding carboxylic acids is 1. The molecule has 166 valence electrons. The van der Waals surface area contributed by atoms with Crippen molar-refractivity contribution < 1.29 is 57.8 Å². The molecule has 1 unspecified atom stereocenters. The zero-order valence-electron chi connectivity index (χ0n) is 14.6. The molecule has 0 saturated carbocycles. The molecule has 0 saturated heterocycles. The molecule has 1 atom stereocenters. The molecule has 0 amide bonds. The molecular weight excluding hydrogens is 433 g/mol. The topological polar surface area (TPSA) is 26.3 Å². The highest BCUT2D eigenvalue weighted by molar-refractivity contribution is 5.94. The molecule has 0 N–H and O–H groups in total. The van der Waals surface area contributed by atoms with Crippen molar-refractivity contribution >= 4 is 5.78 Å². The van der Waals surface area contributed by atoms with Gasteiger partial charge in [0.15, 0.2) is 5.78 Å². The van der Waals surface area contributed by atoms with Crippen LogP contribution in [0, 0.1) is 0 Å². The summed E-state index contributed by atoms with van der Waals surface area (Å²) in [4.78, 5) is 11.3. The highest BCUT2D eigenvalue weighted by atomic mass is 19.4. The summed E-state index contributed by atoms with van der Waals surface area (Å²) in [6.07, 6.45) is -11.7. The van der Waals surface area contributed by atoms with Gasteiger partial charge in [-0.2, -0.15) is 48.3 Å². The summed E-state index contributed by atoms with van der Waals surface area (Å²) in [5, 5.41) is 0. The lowest BCUT2D eigenvalue weighted by molar-refractivity contribution is -0.423. The van der Waals surface area contributed by atoms with Gasteiger partial charge >= 0.3 is 29.9 Å². The first-order valence-corrected chi connectivity index (χ1v) is 7.55. The number of alkyl halides is 11. The number of ether oxygens (including phenoxy) is 1. The third-order valence-corrected chi connectivity index (χ3v) is 4.00. The van der Waals surface area contributed by atoms with E-state index >= 15 is 0 Å². The molecule has 1 rings (SSSR count). The number of benzene rings is 1. The first kappa shape index (κ1) is 25.1. The van der Waals surface area contributed by atoms with Crippen LogP contribution in [0.15, 0.2) is 24.3 Å². The Kier molecular flexibility index (Phi) is 6.69. The Labute approximate surface area is 156 Å². The number of hydrogen-bond donors (Lipinski definition) is 0. The largest absolute Gasteiger partial charge is 0.460 e. The van der Waals surface area contributed by atoms with Gasteiger partial charge in [0, 0.05) is 19.1 Å². The second-order valence-electron chi connectivity index (χ2n) is 6.04. The average molecular weight is 446 g/mol. The van der Waals surface area contributed by atoms with E-state index in [2.05, 4.69) is 4.74 Å². The van der Waals surface area contributed by atoms with E-state index in [9.17, 15) is 53.1 Å². The van der Waals surface area contributed by atoms with Crippen LogP contribution in [0.4, 0.5) is 48.3 Å². The molecule has 0 aliphatic carbocycles. The number of ketones is 1. The lowest BCUT2D eigenvalue weighted by atomic mass is 9.92. The fourth-order valence-corrected chi connectivity index (χ4v) is 2.26. The summed E-state index contributed by atoms with van der Waals surface area (Å²) in [5.74, 6) is -28.7. The zero-order valence-corrected chi connectivity index (χ0v) is 14.6. The van der Waals surface area contributed by atoms with E-state index in [-0.39, 0.29) is 11.1 Å². The highest BCUT2D eigenvalue weighted by Crippen LogP contribution is 2.58.